The number of allylic oxidation sites excluding steroid dienone is 1. The quantitative estimate of drug-likeness (QED) is 0.762. The molecule has 0 saturated heterocycles. The van der Waals surface area contributed by atoms with E-state index in [-0.39, 0.29) is 11.8 Å². The van der Waals surface area contributed by atoms with E-state index in [0.717, 1.165) is 42.4 Å². The van der Waals surface area contributed by atoms with Crippen LogP contribution in [0.4, 0.5) is 4.39 Å². The van der Waals surface area contributed by atoms with Gasteiger partial charge in [0, 0.05) is 5.57 Å². The number of carbonyl (C=O) groups excluding carboxylic acids is 1. The second-order valence-corrected chi connectivity index (χ2v) is 4.39. The Morgan fingerprint density at radius 1 is 1.22 bits per heavy atom. The van der Waals surface area contributed by atoms with Crippen molar-refractivity contribution in [1.82, 2.24) is 0 Å². The van der Waals surface area contributed by atoms with Crippen LogP contribution in [0.1, 0.15) is 38.2 Å². The molecule has 96 valence electrons. The largest absolute Gasteiger partial charge is 0.463 e. The minimum atomic E-state index is -0.257. The van der Waals surface area contributed by atoms with Crippen molar-refractivity contribution in [3.8, 4) is 0 Å². The first-order valence-corrected chi connectivity index (χ1v) is 6.37. The van der Waals surface area contributed by atoms with Crippen LogP contribution in [0.15, 0.2) is 29.8 Å². The molecule has 2 nitrogen and oxygen atoms in total. The number of rotatable bonds is 3. The molecule has 0 aromatic heterocycles. The van der Waals surface area contributed by atoms with Crippen LogP contribution >= 0.6 is 0 Å². The van der Waals surface area contributed by atoms with Gasteiger partial charge in [-0.05, 0) is 55.9 Å². The van der Waals surface area contributed by atoms with Crippen LogP contribution in [-0.2, 0) is 9.53 Å². The predicted molar refractivity (Wildman–Crippen MR) is 68.4 cm³/mol. The van der Waals surface area contributed by atoms with E-state index in [1.807, 2.05) is 0 Å². The lowest BCUT2D eigenvalue weighted by molar-refractivity contribution is -0.138. The molecule has 1 aromatic rings. The topological polar surface area (TPSA) is 26.3 Å². The van der Waals surface area contributed by atoms with Crippen molar-refractivity contribution in [3.05, 3.63) is 41.2 Å². The maximum Gasteiger partial charge on any atom is 0.334 e. The summed E-state index contributed by atoms with van der Waals surface area (Å²) in [7, 11) is 0. The SMILES string of the molecule is CCOC(=O)C1=C(c2ccc(F)cc2)CCCC1. The summed E-state index contributed by atoms with van der Waals surface area (Å²) in [4.78, 5) is 11.9. The normalized spacial score (nSPS) is 15.7. The second kappa shape index (κ2) is 5.80. The van der Waals surface area contributed by atoms with Gasteiger partial charge in [0.15, 0.2) is 0 Å². The van der Waals surface area contributed by atoms with Crippen molar-refractivity contribution in [1.29, 1.82) is 0 Å². The van der Waals surface area contributed by atoms with E-state index < -0.39 is 0 Å². The Labute approximate surface area is 106 Å². The van der Waals surface area contributed by atoms with Crippen LogP contribution in [0.2, 0.25) is 0 Å². The van der Waals surface area contributed by atoms with Crippen LogP contribution < -0.4 is 0 Å². The van der Waals surface area contributed by atoms with Crippen LogP contribution in [-0.4, -0.2) is 12.6 Å². The Morgan fingerprint density at radius 3 is 2.56 bits per heavy atom. The first kappa shape index (κ1) is 12.8. The van der Waals surface area contributed by atoms with E-state index in [0.29, 0.717) is 6.61 Å². The number of benzene rings is 1. The van der Waals surface area contributed by atoms with Gasteiger partial charge in [-0.25, -0.2) is 9.18 Å². The lowest BCUT2D eigenvalue weighted by Crippen LogP contribution is -2.13. The van der Waals surface area contributed by atoms with E-state index in [9.17, 15) is 9.18 Å². The van der Waals surface area contributed by atoms with E-state index >= 15 is 0 Å². The van der Waals surface area contributed by atoms with Crippen LogP contribution in [0, 0.1) is 5.82 Å². The highest BCUT2D eigenvalue weighted by molar-refractivity contribution is 5.98. The third kappa shape index (κ3) is 2.78. The molecule has 1 aliphatic carbocycles. The predicted octanol–water partition coefficient (Wildman–Crippen LogP) is 3.72. The zero-order valence-electron chi connectivity index (χ0n) is 10.5. The minimum Gasteiger partial charge on any atom is -0.463 e. The van der Waals surface area contributed by atoms with E-state index in [1.54, 1.807) is 19.1 Å². The van der Waals surface area contributed by atoms with E-state index in [1.165, 1.54) is 12.1 Å². The zero-order valence-corrected chi connectivity index (χ0v) is 10.5. The Morgan fingerprint density at radius 2 is 1.89 bits per heavy atom. The van der Waals surface area contributed by atoms with Crippen molar-refractivity contribution in [2.45, 2.75) is 32.6 Å². The number of hydrogen-bond acceptors (Lipinski definition) is 2. The molecule has 0 fully saturated rings. The molecule has 0 bridgehead atoms. The molecular formula is C15H17FO2. The number of halogens is 1. The zero-order chi connectivity index (χ0) is 13.0. The highest BCUT2D eigenvalue weighted by Crippen LogP contribution is 2.33. The first-order valence-electron chi connectivity index (χ1n) is 6.37. The smallest absolute Gasteiger partial charge is 0.334 e. The molecular weight excluding hydrogens is 231 g/mol. The van der Waals surface area contributed by atoms with Gasteiger partial charge in [-0.15, -0.1) is 0 Å². The molecule has 1 aromatic carbocycles. The average molecular weight is 248 g/mol. The molecule has 0 amide bonds. The van der Waals surface area contributed by atoms with Crippen LogP contribution in [0.25, 0.3) is 5.57 Å². The number of carbonyl (C=O) groups is 1. The maximum atomic E-state index is 12.9. The van der Waals surface area contributed by atoms with Gasteiger partial charge in [0.1, 0.15) is 5.82 Å². The number of hydrogen-bond donors (Lipinski definition) is 0. The van der Waals surface area contributed by atoms with Gasteiger partial charge in [0.05, 0.1) is 6.61 Å². The fourth-order valence-electron chi connectivity index (χ4n) is 2.32. The first-order chi connectivity index (χ1) is 8.72. The summed E-state index contributed by atoms with van der Waals surface area (Å²) >= 11 is 0. The second-order valence-electron chi connectivity index (χ2n) is 4.39. The molecule has 2 rings (SSSR count). The van der Waals surface area contributed by atoms with Crippen molar-refractivity contribution in [3.63, 3.8) is 0 Å². The summed E-state index contributed by atoms with van der Waals surface area (Å²) in [6.45, 7) is 2.19. The highest BCUT2D eigenvalue weighted by atomic mass is 19.1. The Hall–Kier alpha value is -1.64. The molecule has 0 N–H and O–H groups in total. The molecule has 18 heavy (non-hydrogen) atoms. The fraction of sp³-hybridized carbons (Fsp3) is 0.400. The molecule has 0 aliphatic heterocycles. The van der Waals surface area contributed by atoms with E-state index in [2.05, 4.69) is 0 Å². The molecule has 0 radical (unpaired) electrons. The van der Waals surface area contributed by atoms with Gasteiger partial charge in [0.2, 0.25) is 0 Å². The lowest BCUT2D eigenvalue weighted by Gasteiger charge is -2.19. The molecule has 0 unspecified atom stereocenters. The molecule has 0 spiro atoms. The van der Waals surface area contributed by atoms with Gasteiger partial charge in [-0.3, -0.25) is 0 Å². The summed E-state index contributed by atoms with van der Waals surface area (Å²) in [5.74, 6) is -0.482. The van der Waals surface area contributed by atoms with E-state index in [4.69, 9.17) is 4.74 Å². The molecule has 0 atom stereocenters. The maximum absolute atomic E-state index is 12.9. The van der Waals surface area contributed by atoms with Gasteiger partial charge >= 0.3 is 5.97 Å². The molecule has 0 saturated carbocycles. The summed E-state index contributed by atoms with van der Waals surface area (Å²) in [5.41, 5.74) is 2.70. The number of ether oxygens (including phenoxy) is 1. The average Bonchev–Trinajstić information content (AvgIpc) is 2.40. The fourth-order valence-corrected chi connectivity index (χ4v) is 2.32. The summed E-state index contributed by atoms with van der Waals surface area (Å²) in [5, 5.41) is 0. The summed E-state index contributed by atoms with van der Waals surface area (Å²) < 4.78 is 18.0. The van der Waals surface area contributed by atoms with Gasteiger partial charge < -0.3 is 4.74 Å². The van der Waals surface area contributed by atoms with Crippen LogP contribution in [0.5, 0.6) is 0 Å². The van der Waals surface area contributed by atoms with Crippen molar-refractivity contribution in [2.75, 3.05) is 6.61 Å². The minimum absolute atomic E-state index is 0.225. The van der Waals surface area contributed by atoms with Gasteiger partial charge in [-0.1, -0.05) is 12.1 Å². The lowest BCUT2D eigenvalue weighted by atomic mass is 9.87. The Kier molecular flexibility index (Phi) is 4.13. The Balaban J connectivity index is 2.35. The van der Waals surface area contributed by atoms with Crippen LogP contribution in [0.3, 0.4) is 0 Å². The third-order valence-electron chi connectivity index (χ3n) is 3.18. The Bertz CT molecular complexity index is 460. The molecule has 1 aliphatic rings. The standard InChI is InChI=1S/C15H17FO2/c1-2-18-15(17)14-6-4-3-5-13(14)11-7-9-12(16)10-8-11/h7-10H,2-6H2,1H3. The summed E-state index contributed by atoms with van der Waals surface area (Å²) in [6, 6.07) is 6.32. The van der Waals surface area contributed by atoms with Gasteiger partial charge in [0.25, 0.3) is 0 Å². The van der Waals surface area contributed by atoms with Crippen molar-refractivity contribution < 1.29 is 13.9 Å². The highest BCUT2D eigenvalue weighted by Gasteiger charge is 2.21. The third-order valence-corrected chi connectivity index (χ3v) is 3.18. The number of esters is 1. The molecule has 0 heterocycles. The summed E-state index contributed by atoms with van der Waals surface area (Å²) in [6.07, 6.45) is 3.69. The van der Waals surface area contributed by atoms with Gasteiger partial charge in [-0.2, -0.15) is 0 Å². The van der Waals surface area contributed by atoms with Crippen molar-refractivity contribution in [2.24, 2.45) is 0 Å². The molecule has 3 heteroatoms. The van der Waals surface area contributed by atoms with Crippen molar-refractivity contribution >= 4 is 11.5 Å². The monoisotopic (exact) mass is 248 g/mol.